The van der Waals surface area contributed by atoms with Gasteiger partial charge in [-0.3, -0.25) is 24.0 Å². The van der Waals surface area contributed by atoms with E-state index in [2.05, 4.69) is 28.4 Å². The zero-order valence-corrected chi connectivity index (χ0v) is 31.4. The quantitative estimate of drug-likeness (QED) is 0.139. The van der Waals surface area contributed by atoms with Crippen molar-refractivity contribution in [3.8, 4) is 12.3 Å². The Hall–Kier alpha value is -3.28. The molecule has 0 aromatic heterocycles. The molecule has 49 heavy (non-hydrogen) atoms. The van der Waals surface area contributed by atoms with E-state index in [-0.39, 0.29) is 55.5 Å². The summed E-state index contributed by atoms with van der Waals surface area (Å²) in [6, 6.07) is -3.11. The summed E-state index contributed by atoms with van der Waals surface area (Å²) in [7, 11) is -2.07. The Morgan fingerprint density at radius 2 is 1.67 bits per heavy atom. The largest absolute Gasteiger partial charge is 0.346 e. The van der Waals surface area contributed by atoms with Gasteiger partial charge in [0.2, 0.25) is 23.5 Å². The average molecular weight is 705 g/mol. The SMILES string of the molecule is C#CCCC(NC(=O)[C@@H]1[C@@H]2[C@H](CN1C(=O)[C@@H](NC(=O)C[C@H](CN1CCN(C)S1(=O)=O)C(C)(C)C)C(C)(C)C)C2(C)C)C(=O)C(=O)NCC=C. The number of nitrogens with one attached hydrogen (secondary N) is 3. The third-order valence-corrected chi connectivity index (χ3v) is 12.4. The van der Waals surface area contributed by atoms with E-state index in [1.165, 1.54) is 26.6 Å². The van der Waals surface area contributed by atoms with Crippen LogP contribution in [0.15, 0.2) is 12.7 Å². The lowest BCUT2D eigenvalue weighted by molar-refractivity contribution is -0.146. The summed E-state index contributed by atoms with van der Waals surface area (Å²) in [5, 5.41) is 8.11. The first kappa shape index (κ1) is 40.2. The number of likely N-dealkylation sites (tertiary alicyclic amines) is 1. The molecule has 0 spiro atoms. The van der Waals surface area contributed by atoms with Gasteiger partial charge in [0.1, 0.15) is 12.1 Å². The van der Waals surface area contributed by atoms with E-state index >= 15 is 0 Å². The minimum Gasteiger partial charge on any atom is -0.346 e. The summed E-state index contributed by atoms with van der Waals surface area (Å²) < 4.78 is 28.3. The maximum absolute atomic E-state index is 14.4. The molecule has 2 aliphatic heterocycles. The Labute approximate surface area is 292 Å². The fourth-order valence-electron chi connectivity index (χ4n) is 6.99. The molecule has 13 nitrogen and oxygen atoms in total. The van der Waals surface area contributed by atoms with Gasteiger partial charge < -0.3 is 20.9 Å². The van der Waals surface area contributed by atoms with Crippen LogP contribution in [-0.4, -0.2) is 109 Å². The van der Waals surface area contributed by atoms with Crippen LogP contribution >= 0.6 is 0 Å². The third-order valence-electron chi connectivity index (χ3n) is 10.5. The molecule has 6 atom stereocenters. The zero-order chi connectivity index (χ0) is 37.3. The maximum Gasteiger partial charge on any atom is 0.289 e. The fourth-order valence-corrected chi connectivity index (χ4v) is 8.38. The Bertz CT molecular complexity index is 1470. The summed E-state index contributed by atoms with van der Waals surface area (Å²) in [5.74, 6) is -1.13. The molecule has 1 saturated carbocycles. The van der Waals surface area contributed by atoms with Crippen molar-refractivity contribution >= 4 is 39.6 Å². The zero-order valence-electron chi connectivity index (χ0n) is 30.6. The summed E-state index contributed by atoms with van der Waals surface area (Å²) in [6.07, 6.45) is 7.05. The molecule has 14 heteroatoms. The van der Waals surface area contributed by atoms with Gasteiger partial charge >= 0.3 is 0 Å². The molecule has 3 aliphatic rings. The number of carbonyl (C=O) groups is 5. The molecule has 1 aliphatic carbocycles. The topological polar surface area (TPSA) is 165 Å². The standard InChI is InChI=1S/C35H56N6O7S/c1-12-14-15-24(28(43)31(45)36-16-13-2)37-30(44)27-26-23(35(26,9)10)21-41(27)32(46)29(34(6,7)8)38-25(42)19-22(33(3,4)5)20-40-18-17-39(11)49(40,47)48/h1,13,22-24,26-27,29H,2,14-21H2,3-11H3,(H,36,45)(H,37,44)(H,38,42)/t22-,23+,24?,26+,27+,29-/m1/s1. The second-order valence-corrected chi connectivity index (χ2v) is 18.4. The molecule has 3 rings (SSSR count). The number of likely N-dealkylation sites (N-methyl/N-ethyl adjacent to an activating group) is 1. The Balaban J connectivity index is 1.84. The molecule has 1 unspecified atom stereocenters. The first-order valence-corrected chi connectivity index (χ1v) is 18.4. The normalized spacial score (nSPS) is 24.9. The number of terminal acetylenes is 1. The maximum atomic E-state index is 14.4. The van der Waals surface area contributed by atoms with Crippen molar-refractivity contribution in [1.29, 1.82) is 0 Å². The molecular weight excluding hydrogens is 648 g/mol. The molecule has 3 fully saturated rings. The number of nitrogens with zero attached hydrogens (tertiary/aromatic N) is 3. The number of fused-ring (bicyclic) bond motifs is 1. The van der Waals surface area contributed by atoms with Crippen molar-refractivity contribution in [1.82, 2.24) is 29.5 Å². The molecule has 3 N–H and O–H groups in total. The average Bonchev–Trinajstić information content (AvgIpc) is 3.25. The predicted molar refractivity (Wildman–Crippen MR) is 187 cm³/mol. The lowest BCUT2D eigenvalue weighted by Crippen LogP contribution is -2.60. The highest BCUT2D eigenvalue weighted by molar-refractivity contribution is 7.87. The molecule has 0 bridgehead atoms. The second-order valence-electron chi connectivity index (χ2n) is 16.4. The highest BCUT2D eigenvalue weighted by Crippen LogP contribution is 2.65. The van der Waals surface area contributed by atoms with Gasteiger partial charge in [-0.05, 0) is 40.4 Å². The van der Waals surface area contributed by atoms with E-state index < -0.39 is 68.6 Å². The van der Waals surface area contributed by atoms with Crippen LogP contribution in [0.5, 0.6) is 0 Å². The number of hydrogen-bond acceptors (Lipinski definition) is 7. The van der Waals surface area contributed by atoms with Crippen LogP contribution in [0.1, 0.15) is 74.7 Å². The van der Waals surface area contributed by atoms with E-state index in [1.54, 1.807) is 0 Å². The Morgan fingerprint density at radius 1 is 1.04 bits per heavy atom. The smallest absolute Gasteiger partial charge is 0.289 e. The first-order valence-electron chi connectivity index (χ1n) is 17.0. The van der Waals surface area contributed by atoms with Gasteiger partial charge in [0.15, 0.2) is 0 Å². The number of Topliss-reactive ketones (excluding diaryl/α,β-unsaturated/α-hetero) is 1. The molecule has 0 aromatic carbocycles. The highest BCUT2D eigenvalue weighted by Gasteiger charge is 2.70. The van der Waals surface area contributed by atoms with Crippen LogP contribution < -0.4 is 16.0 Å². The van der Waals surface area contributed by atoms with Crippen molar-refractivity contribution < 1.29 is 32.4 Å². The van der Waals surface area contributed by atoms with Gasteiger partial charge in [-0.15, -0.1) is 18.9 Å². The van der Waals surface area contributed by atoms with Crippen LogP contribution in [0, 0.1) is 46.3 Å². The lowest BCUT2D eigenvalue weighted by atomic mass is 9.78. The van der Waals surface area contributed by atoms with Crippen LogP contribution in [0.4, 0.5) is 0 Å². The third kappa shape index (κ3) is 8.91. The number of hydrogen-bond donors (Lipinski definition) is 3. The number of piperidine rings is 1. The minimum absolute atomic E-state index is 0.00578. The minimum atomic E-state index is -3.60. The molecule has 2 heterocycles. The highest BCUT2D eigenvalue weighted by atomic mass is 32.2. The van der Waals surface area contributed by atoms with E-state index in [0.29, 0.717) is 19.6 Å². The number of amides is 4. The van der Waals surface area contributed by atoms with Crippen molar-refractivity contribution in [3.05, 3.63) is 12.7 Å². The van der Waals surface area contributed by atoms with E-state index in [4.69, 9.17) is 6.42 Å². The molecule has 0 aromatic rings. The van der Waals surface area contributed by atoms with Gasteiger partial charge in [-0.25, -0.2) is 0 Å². The van der Waals surface area contributed by atoms with Crippen LogP contribution in [0.25, 0.3) is 0 Å². The first-order chi connectivity index (χ1) is 22.5. The van der Waals surface area contributed by atoms with Gasteiger partial charge in [0, 0.05) is 52.6 Å². The molecular formula is C35H56N6O7S. The van der Waals surface area contributed by atoms with Crippen molar-refractivity contribution in [3.63, 3.8) is 0 Å². The summed E-state index contributed by atoms with van der Waals surface area (Å²) in [5.41, 5.74) is -1.40. The summed E-state index contributed by atoms with van der Waals surface area (Å²) >= 11 is 0. The van der Waals surface area contributed by atoms with Crippen LogP contribution in [-0.2, 0) is 34.2 Å². The van der Waals surface area contributed by atoms with E-state index in [1.807, 2.05) is 55.4 Å². The van der Waals surface area contributed by atoms with Crippen molar-refractivity contribution in [2.24, 2.45) is 34.0 Å². The van der Waals surface area contributed by atoms with Gasteiger partial charge in [-0.2, -0.15) is 17.0 Å². The number of rotatable bonds is 14. The molecule has 4 amide bonds. The second kappa shape index (κ2) is 14.9. The molecule has 2 saturated heterocycles. The van der Waals surface area contributed by atoms with Gasteiger partial charge in [0.05, 0.1) is 6.04 Å². The number of ketones is 1. The van der Waals surface area contributed by atoms with Crippen molar-refractivity contribution in [2.45, 2.75) is 92.8 Å². The monoisotopic (exact) mass is 704 g/mol. The Kier molecular flexibility index (Phi) is 12.2. The van der Waals surface area contributed by atoms with Crippen molar-refractivity contribution in [2.75, 3.05) is 39.8 Å². The molecule has 0 radical (unpaired) electrons. The Morgan fingerprint density at radius 3 is 2.18 bits per heavy atom. The van der Waals surface area contributed by atoms with E-state index in [9.17, 15) is 32.4 Å². The van der Waals surface area contributed by atoms with Gasteiger partial charge in [-0.1, -0.05) is 61.5 Å². The van der Waals surface area contributed by atoms with E-state index in [0.717, 1.165) is 0 Å². The van der Waals surface area contributed by atoms with Crippen LogP contribution in [0.3, 0.4) is 0 Å². The fraction of sp³-hybridized carbons (Fsp3) is 0.743. The number of carbonyl (C=O) groups excluding carboxylic acids is 5. The molecule has 274 valence electrons. The van der Waals surface area contributed by atoms with Crippen LogP contribution in [0.2, 0.25) is 0 Å². The predicted octanol–water partition coefficient (Wildman–Crippen LogP) is 1.31. The van der Waals surface area contributed by atoms with Gasteiger partial charge in [0.25, 0.3) is 16.1 Å². The summed E-state index contributed by atoms with van der Waals surface area (Å²) in [6.45, 7) is 20.2. The summed E-state index contributed by atoms with van der Waals surface area (Å²) in [4.78, 5) is 69.1. The lowest BCUT2D eigenvalue weighted by Gasteiger charge is -2.38.